The molecular weight excluding hydrogens is 416 g/mol. The summed E-state index contributed by atoms with van der Waals surface area (Å²) in [6, 6.07) is 16.4. The van der Waals surface area contributed by atoms with E-state index in [9.17, 15) is 9.90 Å². The van der Waals surface area contributed by atoms with Gasteiger partial charge in [-0.05, 0) is 46.8 Å². The number of phenols is 1. The van der Waals surface area contributed by atoms with Crippen molar-refractivity contribution < 1.29 is 14.6 Å². The van der Waals surface area contributed by atoms with Crippen molar-refractivity contribution in [2.24, 2.45) is 0 Å². The lowest BCUT2D eigenvalue weighted by Crippen LogP contribution is -2.50. The van der Waals surface area contributed by atoms with Gasteiger partial charge in [0.2, 0.25) is 11.1 Å². The van der Waals surface area contributed by atoms with Crippen LogP contribution in [0.4, 0.5) is 0 Å². The van der Waals surface area contributed by atoms with Crippen LogP contribution in [-0.2, 0) is 4.79 Å². The van der Waals surface area contributed by atoms with Gasteiger partial charge in [0.1, 0.15) is 18.1 Å². The van der Waals surface area contributed by atoms with Gasteiger partial charge in [0, 0.05) is 32.7 Å². The topological polar surface area (TPSA) is 96.6 Å². The number of nitrogens with zero attached hydrogens (tertiary/aromatic N) is 6. The van der Waals surface area contributed by atoms with Crippen molar-refractivity contribution >= 4 is 17.7 Å². The smallest absolute Gasteiger partial charge is 0.233 e. The molecule has 1 fully saturated rings. The molecule has 1 N–H and O–H groups in total. The van der Waals surface area contributed by atoms with E-state index in [0.717, 1.165) is 31.1 Å². The Hall–Kier alpha value is -3.11. The van der Waals surface area contributed by atoms with Crippen LogP contribution in [0.2, 0.25) is 0 Å². The van der Waals surface area contributed by atoms with Crippen LogP contribution in [0.25, 0.3) is 5.69 Å². The molecule has 1 amide bonds. The van der Waals surface area contributed by atoms with Crippen molar-refractivity contribution in [1.29, 1.82) is 0 Å². The Labute approximate surface area is 184 Å². The molecular formula is C21H24N6O3S. The van der Waals surface area contributed by atoms with Crippen molar-refractivity contribution in [3.8, 4) is 17.2 Å². The standard InChI is InChI=1S/C21H24N6O3S/c28-18-8-6-17(7-9-18)27-21(22-23-24-27)31-16-20(29)26-12-10-25(11-13-26)14-15-30-19-4-2-1-3-5-19/h1-9,28H,10-16H2. The van der Waals surface area contributed by atoms with Crippen molar-refractivity contribution in [1.82, 2.24) is 30.0 Å². The van der Waals surface area contributed by atoms with E-state index in [-0.39, 0.29) is 17.4 Å². The molecule has 0 saturated carbocycles. The largest absolute Gasteiger partial charge is 0.508 e. The minimum atomic E-state index is 0.0745. The third-order valence-corrected chi connectivity index (χ3v) is 5.91. The Kier molecular flexibility index (Phi) is 7.00. The van der Waals surface area contributed by atoms with Crippen LogP contribution in [0.3, 0.4) is 0 Å². The molecule has 0 unspecified atom stereocenters. The zero-order valence-electron chi connectivity index (χ0n) is 17.0. The van der Waals surface area contributed by atoms with Crippen molar-refractivity contribution in [3.05, 3.63) is 54.6 Å². The fraction of sp³-hybridized carbons (Fsp3) is 0.333. The fourth-order valence-electron chi connectivity index (χ4n) is 3.27. The lowest BCUT2D eigenvalue weighted by Gasteiger charge is -2.34. The lowest BCUT2D eigenvalue weighted by atomic mass is 10.3. The number of amides is 1. The van der Waals surface area contributed by atoms with E-state index in [0.29, 0.717) is 24.9 Å². The van der Waals surface area contributed by atoms with Gasteiger partial charge < -0.3 is 14.7 Å². The SMILES string of the molecule is O=C(CSc1nnnn1-c1ccc(O)cc1)N1CCN(CCOc2ccccc2)CC1. The molecule has 0 spiro atoms. The highest BCUT2D eigenvalue weighted by Gasteiger charge is 2.22. The summed E-state index contributed by atoms with van der Waals surface area (Å²) in [6.07, 6.45) is 0. The van der Waals surface area contributed by atoms with Gasteiger partial charge >= 0.3 is 0 Å². The molecule has 1 aliphatic rings. The van der Waals surface area contributed by atoms with Gasteiger partial charge in [0.25, 0.3) is 0 Å². The highest BCUT2D eigenvalue weighted by atomic mass is 32.2. The number of tetrazole rings is 1. The first-order valence-electron chi connectivity index (χ1n) is 10.1. The molecule has 0 atom stereocenters. The minimum Gasteiger partial charge on any atom is -0.508 e. The molecule has 4 rings (SSSR count). The van der Waals surface area contributed by atoms with Gasteiger partial charge in [-0.2, -0.15) is 4.68 Å². The Morgan fingerprint density at radius 2 is 1.77 bits per heavy atom. The second-order valence-corrected chi connectivity index (χ2v) is 8.00. The maximum absolute atomic E-state index is 12.6. The first-order valence-corrected chi connectivity index (χ1v) is 11.1. The summed E-state index contributed by atoms with van der Waals surface area (Å²) in [6.45, 7) is 4.54. The van der Waals surface area contributed by atoms with Gasteiger partial charge in [0.05, 0.1) is 11.4 Å². The molecule has 0 radical (unpaired) electrons. The van der Waals surface area contributed by atoms with Crippen molar-refractivity contribution in [2.75, 3.05) is 45.1 Å². The molecule has 1 aliphatic heterocycles. The zero-order valence-corrected chi connectivity index (χ0v) is 17.8. The van der Waals surface area contributed by atoms with Crippen molar-refractivity contribution in [3.63, 3.8) is 0 Å². The van der Waals surface area contributed by atoms with Crippen LogP contribution in [0.1, 0.15) is 0 Å². The Morgan fingerprint density at radius 1 is 1.03 bits per heavy atom. The minimum absolute atomic E-state index is 0.0745. The van der Waals surface area contributed by atoms with E-state index >= 15 is 0 Å². The summed E-state index contributed by atoms with van der Waals surface area (Å²) in [4.78, 5) is 16.8. The molecule has 1 aromatic heterocycles. The second kappa shape index (κ2) is 10.3. The molecule has 1 saturated heterocycles. The third-order valence-electron chi connectivity index (χ3n) is 5.00. The summed E-state index contributed by atoms with van der Waals surface area (Å²) < 4.78 is 7.31. The van der Waals surface area contributed by atoms with Crippen molar-refractivity contribution in [2.45, 2.75) is 5.16 Å². The van der Waals surface area contributed by atoms with Gasteiger partial charge in [-0.1, -0.05) is 30.0 Å². The number of thioether (sulfide) groups is 1. The van der Waals surface area contributed by atoms with Gasteiger partial charge in [-0.15, -0.1) is 5.10 Å². The number of aromatic nitrogens is 4. The highest BCUT2D eigenvalue weighted by molar-refractivity contribution is 7.99. The number of benzene rings is 2. The summed E-state index contributed by atoms with van der Waals surface area (Å²) >= 11 is 1.31. The quantitative estimate of drug-likeness (QED) is 0.529. The number of piperazine rings is 1. The van der Waals surface area contributed by atoms with Crippen LogP contribution < -0.4 is 4.74 Å². The van der Waals surface area contributed by atoms with Crippen LogP contribution in [-0.4, -0.2) is 86.1 Å². The predicted octanol–water partition coefficient (Wildman–Crippen LogP) is 1.68. The van der Waals surface area contributed by atoms with E-state index in [1.807, 2.05) is 35.2 Å². The second-order valence-electron chi connectivity index (χ2n) is 7.06. The number of carbonyl (C=O) groups is 1. The average molecular weight is 441 g/mol. The van der Waals surface area contributed by atoms with E-state index in [1.165, 1.54) is 11.8 Å². The van der Waals surface area contributed by atoms with Gasteiger partial charge in [0.15, 0.2) is 0 Å². The van der Waals surface area contributed by atoms with Crippen LogP contribution in [0.15, 0.2) is 59.8 Å². The fourth-order valence-corrected chi connectivity index (χ4v) is 4.07. The van der Waals surface area contributed by atoms with E-state index in [4.69, 9.17) is 4.74 Å². The lowest BCUT2D eigenvalue weighted by molar-refractivity contribution is -0.130. The average Bonchev–Trinajstić information content (AvgIpc) is 3.28. The highest BCUT2D eigenvalue weighted by Crippen LogP contribution is 2.20. The third kappa shape index (κ3) is 5.74. The molecule has 3 aromatic rings. The summed E-state index contributed by atoms with van der Waals surface area (Å²) in [5, 5.41) is 21.7. The molecule has 10 heteroatoms. The van der Waals surface area contributed by atoms with Gasteiger partial charge in [-0.3, -0.25) is 9.69 Å². The van der Waals surface area contributed by atoms with Crippen LogP contribution in [0, 0.1) is 0 Å². The number of phenolic OH excluding ortho intramolecular Hbond substituents is 1. The number of carbonyl (C=O) groups excluding carboxylic acids is 1. The van der Waals surface area contributed by atoms with Crippen LogP contribution in [0.5, 0.6) is 11.5 Å². The maximum Gasteiger partial charge on any atom is 0.233 e. The van der Waals surface area contributed by atoms with E-state index in [1.54, 1.807) is 28.9 Å². The Balaban J connectivity index is 1.20. The number of ether oxygens (including phenoxy) is 1. The number of aromatic hydroxyl groups is 1. The molecule has 31 heavy (non-hydrogen) atoms. The number of rotatable bonds is 8. The maximum atomic E-state index is 12.6. The first-order chi connectivity index (χ1) is 15.2. The molecule has 2 aromatic carbocycles. The summed E-state index contributed by atoms with van der Waals surface area (Å²) in [5.74, 6) is 1.40. The number of hydrogen-bond acceptors (Lipinski definition) is 8. The molecule has 162 valence electrons. The first kappa shape index (κ1) is 21.1. The van der Waals surface area contributed by atoms with Crippen LogP contribution >= 0.6 is 11.8 Å². The molecule has 2 heterocycles. The summed E-state index contributed by atoms with van der Waals surface area (Å²) in [5.41, 5.74) is 0.726. The Morgan fingerprint density at radius 3 is 2.52 bits per heavy atom. The molecule has 0 bridgehead atoms. The van der Waals surface area contributed by atoms with E-state index in [2.05, 4.69) is 20.4 Å². The zero-order chi connectivity index (χ0) is 21.5. The number of hydrogen-bond donors (Lipinski definition) is 1. The Bertz CT molecular complexity index is 974. The predicted molar refractivity (Wildman–Crippen MR) is 116 cm³/mol. The number of para-hydroxylation sites is 1. The summed E-state index contributed by atoms with van der Waals surface area (Å²) in [7, 11) is 0. The molecule has 9 nitrogen and oxygen atoms in total. The normalized spacial score (nSPS) is 14.5. The van der Waals surface area contributed by atoms with E-state index < -0.39 is 0 Å². The molecule has 0 aliphatic carbocycles. The van der Waals surface area contributed by atoms with Gasteiger partial charge in [-0.25, -0.2) is 0 Å². The monoisotopic (exact) mass is 440 g/mol.